The van der Waals surface area contributed by atoms with E-state index in [-0.39, 0.29) is 11.8 Å². The number of rotatable bonds is 3. The summed E-state index contributed by atoms with van der Waals surface area (Å²) < 4.78 is 11.5. The first-order chi connectivity index (χ1) is 11.2. The zero-order chi connectivity index (χ0) is 15.7. The van der Waals surface area contributed by atoms with Gasteiger partial charge in [-0.25, -0.2) is 9.78 Å². The Morgan fingerprint density at radius 1 is 1.22 bits per heavy atom. The van der Waals surface area contributed by atoms with Crippen molar-refractivity contribution in [1.29, 1.82) is 0 Å². The van der Waals surface area contributed by atoms with Crippen molar-refractivity contribution in [1.82, 2.24) is 10.3 Å². The number of pyridine rings is 1. The number of carbonyl (C=O) groups is 1. The van der Waals surface area contributed by atoms with E-state index in [2.05, 4.69) is 20.5 Å². The summed E-state index contributed by atoms with van der Waals surface area (Å²) >= 11 is 0. The highest BCUT2D eigenvalue weighted by molar-refractivity contribution is 5.89. The molecule has 0 atom stereocenters. The summed E-state index contributed by atoms with van der Waals surface area (Å²) in [5.41, 5.74) is 0.711. The van der Waals surface area contributed by atoms with Crippen molar-refractivity contribution < 1.29 is 14.3 Å². The molecule has 0 radical (unpaired) electrons. The molecule has 2 aliphatic heterocycles. The van der Waals surface area contributed by atoms with Crippen molar-refractivity contribution in [3.63, 3.8) is 0 Å². The lowest BCUT2D eigenvalue weighted by Gasteiger charge is -2.38. The van der Waals surface area contributed by atoms with E-state index in [9.17, 15) is 4.79 Å². The maximum Gasteiger partial charge on any atom is 0.319 e. The van der Waals surface area contributed by atoms with Gasteiger partial charge < -0.3 is 25.0 Å². The smallest absolute Gasteiger partial charge is 0.319 e. The molecular formula is C16H22N4O3. The van der Waals surface area contributed by atoms with E-state index < -0.39 is 0 Å². The molecule has 1 aromatic heterocycles. The molecule has 4 rings (SSSR count). The molecule has 0 unspecified atom stereocenters. The minimum absolute atomic E-state index is 0.155. The van der Waals surface area contributed by atoms with E-state index in [1.807, 2.05) is 12.1 Å². The number of urea groups is 1. The van der Waals surface area contributed by atoms with Crippen molar-refractivity contribution in [2.75, 3.05) is 36.5 Å². The number of aromatic nitrogens is 1. The maximum atomic E-state index is 11.7. The molecule has 2 amide bonds. The highest BCUT2D eigenvalue weighted by atomic mass is 16.7. The molecule has 0 bridgehead atoms. The zero-order valence-electron chi connectivity index (χ0n) is 13.1. The van der Waals surface area contributed by atoms with Gasteiger partial charge in [0.05, 0.1) is 25.1 Å². The average molecular weight is 318 g/mol. The SMILES string of the molecule is O=C(Nc1ccc(N2CCC3(CC2)OCCO3)nc1)NC1CC1. The van der Waals surface area contributed by atoms with Crippen LogP contribution in [-0.2, 0) is 9.47 Å². The molecule has 0 aromatic carbocycles. The minimum atomic E-state index is -0.362. The third-order valence-corrected chi connectivity index (χ3v) is 4.58. The lowest BCUT2D eigenvalue weighted by atomic mass is 10.0. The lowest BCUT2D eigenvalue weighted by molar-refractivity contribution is -0.169. The Kier molecular flexibility index (Phi) is 3.82. The van der Waals surface area contributed by atoms with E-state index in [1.165, 1.54) is 0 Å². The molecule has 1 spiro atoms. The Balaban J connectivity index is 1.32. The van der Waals surface area contributed by atoms with Crippen molar-refractivity contribution in [3.8, 4) is 0 Å². The molecule has 3 fully saturated rings. The fourth-order valence-corrected chi connectivity index (χ4v) is 3.09. The van der Waals surface area contributed by atoms with Crippen LogP contribution in [0.1, 0.15) is 25.7 Å². The quantitative estimate of drug-likeness (QED) is 0.887. The van der Waals surface area contributed by atoms with E-state index in [1.54, 1.807) is 6.20 Å². The Morgan fingerprint density at radius 3 is 2.57 bits per heavy atom. The number of anilines is 2. The van der Waals surface area contributed by atoms with Crippen molar-refractivity contribution in [3.05, 3.63) is 18.3 Å². The molecule has 7 nitrogen and oxygen atoms in total. The van der Waals surface area contributed by atoms with Crippen LogP contribution < -0.4 is 15.5 Å². The standard InChI is InChI=1S/C16H22N4O3/c21-15(18-12-1-2-12)19-13-3-4-14(17-11-13)20-7-5-16(6-8-20)22-9-10-23-16/h3-4,11-12H,1-2,5-10H2,(H2,18,19,21). The summed E-state index contributed by atoms with van der Waals surface area (Å²) in [6.07, 6.45) is 5.58. The first-order valence-electron chi connectivity index (χ1n) is 8.29. The van der Waals surface area contributed by atoms with Gasteiger partial charge in [-0.2, -0.15) is 0 Å². The third kappa shape index (κ3) is 3.40. The van der Waals surface area contributed by atoms with Crippen molar-refractivity contribution >= 4 is 17.5 Å². The molecule has 3 heterocycles. The number of hydrogen-bond acceptors (Lipinski definition) is 5. The highest BCUT2D eigenvalue weighted by Crippen LogP contribution is 2.32. The Labute approximate surface area is 135 Å². The van der Waals surface area contributed by atoms with Gasteiger partial charge in [-0.15, -0.1) is 0 Å². The highest BCUT2D eigenvalue weighted by Gasteiger charge is 2.39. The number of hydrogen-bond donors (Lipinski definition) is 2. The van der Waals surface area contributed by atoms with E-state index >= 15 is 0 Å². The molecule has 1 saturated carbocycles. The van der Waals surface area contributed by atoms with Crippen LogP contribution in [0.5, 0.6) is 0 Å². The second-order valence-corrected chi connectivity index (χ2v) is 6.37. The lowest BCUT2D eigenvalue weighted by Crippen LogP contribution is -2.45. The largest absolute Gasteiger partial charge is 0.356 e. The molecule has 2 saturated heterocycles. The molecular weight excluding hydrogens is 296 g/mol. The molecule has 124 valence electrons. The maximum absolute atomic E-state index is 11.7. The zero-order valence-corrected chi connectivity index (χ0v) is 13.1. The van der Waals surface area contributed by atoms with Gasteiger partial charge in [-0.05, 0) is 25.0 Å². The summed E-state index contributed by atoms with van der Waals surface area (Å²) in [5, 5.41) is 5.70. The summed E-state index contributed by atoms with van der Waals surface area (Å²) in [7, 11) is 0. The number of nitrogens with one attached hydrogen (secondary N) is 2. The monoisotopic (exact) mass is 318 g/mol. The minimum Gasteiger partial charge on any atom is -0.356 e. The van der Waals surface area contributed by atoms with E-state index in [4.69, 9.17) is 9.47 Å². The van der Waals surface area contributed by atoms with E-state index in [0.717, 1.165) is 44.6 Å². The predicted octanol–water partition coefficient (Wildman–Crippen LogP) is 1.71. The normalized spacial score (nSPS) is 23.0. The molecule has 1 aliphatic carbocycles. The fraction of sp³-hybridized carbons (Fsp3) is 0.625. The molecule has 7 heteroatoms. The van der Waals surface area contributed by atoms with Gasteiger partial charge in [0, 0.05) is 32.0 Å². The molecule has 23 heavy (non-hydrogen) atoms. The van der Waals surface area contributed by atoms with Crippen LogP contribution >= 0.6 is 0 Å². The Morgan fingerprint density at radius 2 is 1.96 bits per heavy atom. The molecule has 1 aromatic rings. The molecule has 2 N–H and O–H groups in total. The van der Waals surface area contributed by atoms with Gasteiger partial charge in [-0.3, -0.25) is 0 Å². The van der Waals surface area contributed by atoms with Crippen molar-refractivity contribution in [2.24, 2.45) is 0 Å². The van der Waals surface area contributed by atoms with Gasteiger partial charge >= 0.3 is 6.03 Å². The Hall–Kier alpha value is -1.86. The topological polar surface area (TPSA) is 75.7 Å². The number of ether oxygens (including phenoxy) is 2. The van der Waals surface area contributed by atoms with Crippen LogP contribution in [-0.4, -0.2) is 49.1 Å². The van der Waals surface area contributed by atoms with Crippen LogP contribution in [0.2, 0.25) is 0 Å². The molecule has 3 aliphatic rings. The van der Waals surface area contributed by atoms with Gasteiger partial charge in [0.15, 0.2) is 5.79 Å². The van der Waals surface area contributed by atoms with E-state index in [0.29, 0.717) is 24.9 Å². The van der Waals surface area contributed by atoms with Gasteiger partial charge in [0.2, 0.25) is 0 Å². The van der Waals surface area contributed by atoms with Gasteiger partial charge in [-0.1, -0.05) is 0 Å². The summed E-state index contributed by atoms with van der Waals surface area (Å²) in [5.74, 6) is 0.560. The van der Waals surface area contributed by atoms with Crippen LogP contribution in [0, 0.1) is 0 Å². The average Bonchev–Trinajstić information content (AvgIpc) is 3.26. The number of nitrogens with zero attached hydrogens (tertiary/aromatic N) is 2. The van der Waals surface area contributed by atoms with Crippen LogP contribution in [0.15, 0.2) is 18.3 Å². The van der Waals surface area contributed by atoms with Crippen LogP contribution in [0.3, 0.4) is 0 Å². The Bertz CT molecular complexity index is 557. The number of carbonyl (C=O) groups excluding carboxylic acids is 1. The first-order valence-corrected chi connectivity index (χ1v) is 8.29. The number of amides is 2. The van der Waals surface area contributed by atoms with Crippen LogP contribution in [0.4, 0.5) is 16.3 Å². The van der Waals surface area contributed by atoms with Gasteiger partial charge in [0.1, 0.15) is 5.82 Å². The van der Waals surface area contributed by atoms with Crippen LogP contribution in [0.25, 0.3) is 0 Å². The second kappa shape index (κ2) is 5.98. The fourth-order valence-electron chi connectivity index (χ4n) is 3.09. The first kappa shape index (κ1) is 14.7. The second-order valence-electron chi connectivity index (χ2n) is 6.37. The number of piperidine rings is 1. The summed E-state index contributed by atoms with van der Waals surface area (Å²) in [4.78, 5) is 18.4. The predicted molar refractivity (Wildman–Crippen MR) is 85.5 cm³/mol. The summed E-state index contributed by atoms with van der Waals surface area (Å²) in [6, 6.07) is 4.03. The van der Waals surface area contributed by atoms with Gasteiger partial charge in [0.25, 0.3) is 0 Å². The summed E-state index contributed by atoms with van der Waals surface area (Å²) in [6.45, 7) is 3.12. The van der Waals surface area contributed by atoms with Crippen molar-refractivity contribution in [2.45, 2.75) is 37.5 Å². The third-order valence-electron chi connectivity index (χ3n) is 4.58.